The summed E-state index contributed by atoms with van der Waals surface area (Å²) < 4.78 is 6.86. The highest BCUT2D eigenvalue weighted by atomic mass is 127. The Hall–Kier alpha value is -1.83. The predicted molar refractivity (Wildman–Crippen MR) is 92.0 cm³/mol. The summed E-state index contributed by atoms with van der Waals surface area (Å²) in [5, 5.41) is 8.97. The predicted octanol–water partition coefficient (Wildman–Crippen LogP) is 3.81. The molecule has 0 aliphatic carbocycles. The maximum absolute atomic E-state index is 10.9. The summed E-state index contributed by atoms with van der Waals surface area (Å²) in [5.74, 6) is 0.704. The molecule has 0 aliphatic rings. The second-order valence-electron chi connectivity index (χ2n) is 4.80. The second-order valence-corrected chi connectivity index (χ2v) is 5.82. The molecule has 116 valence electrons. The van der Waals surface area contributed by atoms with Crippen LogP contribution in [0.2, 0.25) is 0 Å². The molecule has 0 bridgehead atoms. The van der Waals surface area contributed by atoms with Crippen LogP contribution < -0.4 is 4.74 Å². The molecule has 5 nitrogen and oxygen atoms in total. The third-order valence-electron chi connectivity index (χ3n) is 3.22. The maximum atomic E-state index is 10.9. The first-order chi connectivity index (χ1) is 10.6. The summed E-state index contributed by atoms with van der Waals surface area (Å²) in [6.07, 6.45) is 1.12. The molecule has 1 aromatic heterocycles. The van der Waals surface area contributed by atoms with E-state index in [1.807, 2.05) is 42.5 Å². The van der Waals surface area contributed by atoms with E-state index in [0.717, 1.165) is 9.26 Å². The highest BCUT2D eigenvalue weighted by molar-refractivity contribution is 14.1. The van der Waals surface area contributed by atoms with Gasteiger partial charge in [-0.2, -0.15) is 0 Å². The first kappa shape index (κ1) is 16.5. The molecule has 0 saturated carbocycles. The van der Waals surface area contributed by atoms with Crippen molar-refractivity contribution in [3.63, 3.8) is 0 Å². The second kappa shape index (κ2) is 7.98. The average Bonchev–Trinajstić information content (AvgIpc) is 2.53. The number of amides is 1. The Morgan fingerprint density at radius 3 is 2.68 bits per heavy atom. The van der Waals surface area contributed by atoms with Crippen LogP contribution in [-0.2, 0) is 0 Å². The fourth-order valence-corrected chi connectivity index (χ4v) is 2.45. The van der Waals surface area contributed by atoms with Crippen LogP contribution in [0.15, 0.2) is 48.7 Å². The molecule has 22 heavy (non-hydrogen) atoms. The van der Waals surface area contributed by atoms with Crippen LogP contribution in [0.5, 0.6) is 5.75 Å². The average molecular weight is 412 g/mol. The molecule has 0 fully saturated rings. The molecule has 6 heteroatoms. The molecule has 1 heterocycles. The van der Waals surface area contributed by atoms with Gasteiger partial charge < -0.3 is 14.7 Å². The molecule has 1 unspecified atom stereocenters. The zero-order valence-electron chi connectivity index (χ0n) is 12.1. The Bertz CT molecular complexity index is 622. The maximum Gasteiger partial charge on any atom is 0.407 e. The van der Waals surface area contributed by atoms with Gasteiger partial charge in [0.2, 0.25) is 0 Å². The Labute approximate surface area is 143 Å². The fourth-order valence-electron chi connectivity index (χ4n) is 1.98. The van der Waals surface area contributed by atoms with Gasteiger partial charge in [0.1, 0.15) is 9.80 Å². The van der Waals surface area contributed by atoms with Crippen LogP contribution in [0.1, 0.15) is 18.1 Å². The Balaban J connectivity index is 2.15. The van der Waals surface area contributed by atoms with Crippen molar-refractivity contribution >= 4 is 28.7 Å². The van der Waals surface area contributed by atoms with E-state index in [0.29, 0.717) is 18.7 Å². The molecule has 0 spiro atoms. The zero-order valence-corrected chi connectivity index (χ0v) is 14.3. The molecule has 0 aliphatic heterocycles. The van der Waals surface area contributed by atoms with Crippen LogP contribution in [-0.4, -0.2) is 34.7 Å². The summed E-state index contributed by atoms with van der Waals surface area (Å²) in [6.45, 7) is 0.395. The van der Waals surface area contributed by atoms with E-state index >= 15 is 0 Å². The minimum Gasteiger partial charge on any atom is -0.483 e. The third kappa shape index (κ3) is 4.59. The van der Waals surface area contributed by atoms with Gasteiger partial charge in [-0.05, 0) is 40.3 Å². The van der Waals surface area contributed by atoms with Crippen LogP contribution >= 0.6 is 22.6 Å². The standard InChI is InChI=1S/C16H17IN2O3/c1-19(16(20)21)11-9-13(12-6-3-2-4-7-12)22-14-8-5-10-18-15(14)17/h2-8,10,13H,9,11H2,1H3,(H,20,21). The van der Waals surface area contributed by atoms with Crippen molar-refractivity contribution < 1.29 is 14.6 Å². The fraction of sp³-hybridized carbons (Fsp3) is 0.250. The van der Waals surface area contributed by atoms with Crippen molar-refractivity contribution in [1.82, 2.24) is 9.88 Å². The van der Waals surface area contributed by atoms with Crippen molar-refractivity contribution in [3.8, 4) is 5.75 Å². The topological polar surface area (TPSA) is 62.7 Å². The molecule has 1 atom stereocenters. The van der Waals surface area contributed by atoms with E-state index in [9.17, 15) is 4.79 Å². The van der Waals surface area contributed by atoms with Crippen molar-refractivity contribution in [2.24, 2.45) is 0 Å². The Morgan fingerprint density at radius 2 is 2.05 bits per heavy atom. The molecule has 1 aromatic carbocycles. The van der Waals surface area contributed by atoms with Gasteiger partial charge in [0.15, 0.2) is 5.75 Å². The molecule has 0 saturated heterocycles. The van der Waals surface area contributed by atoms with Crippen LogP contribution in [0.3, 0.4) is 0 Å². The monoisotopic (exact) mass is 412 g/mol. The number of ether oxygens (including phenoxy) is 1. The number of hydrogen-bond donors (Lipinski definition) is 1. The van der Waals surface area contributed by atoms with E-state index < -0.39 is 6.09 Å². The van der Waals surface area contributed by atoms with E-state index in [1.165, 1.54) is 4.90 Å². The number of nitrogens with zero attached hydrogens (tertiary/aromatic N) is 2. The number of halogens is 1. The molecule has 2 aromatic rings. The smallest absolute Gasteiger partial charge is 0.407 e. The number of aromatic nitrogens is 1. The third-order valence-corrected chi connectivity index (χ3v) is 4.03. The van der Waals surface area contributed by atoms with E-state index in [2.05, 4.69) is 27.6 Å². The van der Waals surface area contributed by atoms with E-state index in [1.54, 1.807) is 13.2 Å². The highest BCUT2D eigenvalue weighted by Crippen LogP contribution is 2.27. The van der Waals surface area contributed by atoms with Gasteiger partial charge in [-0.1, -0.05) is 30.3 Å². The van der Waals surface area contributed by atoms with Crippen LogP contribution in [0.4, 0.5) is 4.79 Å². The SMILES string of the molecule is CN(CCC(Oc1cccnc1I)c1ccccc1)C(=O)O. The van der Waals surface area contributed by atoms with E-state index in [-0.39, 0.29) is 6.10 Å². The number of carbonyl (C=O) groups is 1. The van der Waals surface area contributed by atoms with Crippen molar-refractivity contribution in [1.29, 1.82) is 0 Å². The molecule has 0 radical (unpaired) electrons. The summed E-state index contributed by atoms with van der Waals surface area (Å²) >= 11 is 2.12. The largest absolute Gasteiger partial charge is 0.483 e. The van der Waals surface area contributed by atoms with Gasteiger partial charge in [0.25, 0.3) is 0 Å². The van der Waals surface area contributed by atoms with Crippen LogP contribution in [0.25, 0.3) is 0 Å². The lowest BCUT2D eigenvalue weighted by molar-refractivity contribution is 0.139. The van der Waals surface area contributed by atoms with Gasteiger partial charge in [-0.15, -0.1) is 0 Å². The summed E-state index contributed by atoms with van der Waals surface area (Å²) in [6, 6.07) is 13.5. The normalized spacial score (nSPS) is 11.7. The lowest BCUT2D eigenvalue weighted by Crippen LogP contribution is -2.27. The lowest BCUT2D eigenvalue weighted by atomic mass is 10.1. The molecule has 2 rings (SSSR count). The minimum absolute atomic E-state index is 0.222. The van der Waals surface area contributed by atoms with Gasteiger partial charge in [0.05, 0.1) is 0 Å². The van der Waals surface area contributed by atoms with Crippen molar-refractivity contribution in [2.45, 2.75) is 12.5 Å². The highest BCUT2D eigenvalue weighted by Gasteiger charge is 2.17. The number of rotatable bonds is 6. The Morgan fingerprint density at radius 1 is 1.32 bits per heavy atom. The quantitative estimate of drug-likeness (QED) is 0.579. The van der Waals surface area contributed by atoms with Crippen molar-refractivity contribution in [2.75, 3.05) is 13.6 Å². The summed E-state index contributed by atoms with van der Waals surface area (Å²) in [5.41, 5.74) is 1.01. The number of benzene rings is 1. The molecule has 1 N–H and O–H groups in total. The zero-order chi connectivity index (χ0) is 15.9. The first-order valence-electron chi connectivity index (χ1n) is 6.84. The number of hydrogen-bond acceptors (Lipinski definition) is 3. The minimum atomic E-state index is -0.942. The first-order valence-corrected chi connectivity index (χ1v) is 7.92. The summed E-state index contributed by atoms with van der Waals surface area (Å²) in [4.78, 5) is 16.4. The van der Waals surface area contributed by atoms with E-state index in [4.69, 9.17) is 9.84 Å². The van der Waals surface area contributed by atoms with Gasteiger partial charge >= 0.3 is 6.09 Å². The van der Waals surface area contributed by atoms with Gasteiger partial charge in [-0.25, -0.2) is 9.78 Å². The molecular weight excluding hydrogens is 395 g/mol. The number of pyridine rings is 1. The number of carboxylic acid groups (broad SMARTS) is 1. The molecule has 1 amide bonds. The van der Waals surface area contributed by atoms with Crippen molar-refractivity contribution in [3.05, 3.63) is 57.9 Å². The lowest BCUT2D eigenvalue weighted by Gasteiger charge is -2.22. The Kier molecular flexibility index (Phi) is 6.00. The van der Waals surface area contributed by atoms with Gasteiger partial charge in [0, 0.05) is 26.2 Å². The van der Waals surface area contributed by atoms with Crippen LogP contribution in [0, 0.1) is 3.70 Å². The molecular formula is C16H17IN2O3. The van der Waals surface area contributed by atoms with Gasteiger partial charge in [-0.3, -0.25) is 0 Å². The summed E-state index contributed by atoms with van der Waals surface area (Å²) in [7, 11) is 1.55.